The van der Waals surface area contributed by atoms with Crippen molar-refractivity contribution in [3.8, 4) is 0 Å². The third kappa shape index (κ3) is 2.00. The molecule has 7 nitrogen and oxygen atoms in total. The van der Waals surface area contributed by atoms with E-state index in [-0.39, 0.29) is 16.8 Å². The minimum atomic E-state index is -3.61. The lowest BCUT2D eigenvalue weighted by molar-refractivity contribution is 0.0393. The van der Waals surface area contributed by atoms with Crippen LogP contribution < -0.4 is 5.73 Å². The van der Waals surface area contributed by atoms with Gasteiger partial charge >= 0.3 is 0 Å². The highest BCUT2D eigenvalue weighted by atomic mass is 32.2. The molecule has 0 spiro atoms. The molecule has 2 N–H and O–H groups in total. The number of ether oxygens (including phenoxy) is 1. The van der Waals surface area contributed by atoms with Crippen LogP contribution in [0.4, 0.5) is 5.82 Å². The van der Waals surface area contributed by atoms with E-state index < -0.39 is 10.0 Å². The average Bonchev–Trinajstić information content (AvgIpc) is 2.53. The van der Waals surface area contributed by atoms with E-state index in [1.807, 2.05) is 6.92 Å². The summed E-state index contributed by atoms with van der Waals surface area (Å²) in [5.41, 5.74) is 6.26. The van der Waals surface area contributed by atoms with Crippen LogP contribution in [0.3, 0.4) is 0 Å². The number of aromatic nitrogens is 2. The Hall–Kier alpha value is -1.12. The first kappa shape index (κ1) is 13.3. The van der Waals surface area contributed by atoms with Crippen LogP contribution >= 0.6 is 0 Å². The number of sulfonamides is 1. The van der Waals surface area contributed by atoms with Gasteiger partial charge in [0.2, 0.25) is 10.0 Å². The SMILES string of the molecule is Cc1c(S(=O)(=O)N2CCOC[C@H]2C)c(N)nn1C. The number of rotatable bonds is 2. The zero-order chi connectivity index (χ0) is 13.5. The highest BCUT2D eigenvalue weighted by molar-refractivity contribution is 7.89. The molecule has 0 aliphatic carbocycles. The zero-order valence-corrected chi connectivity index (χ0v) is 11.6. The van der Waals surface area contributed by atoms with Gasteiger partial charge in [-0.15, -0.1) is 0 Å². The van der Waals surface area contributed by atoms with Gasteiger partial charge in [-0.25, -0.2) is 8.42 Å². The number of nitrogen functional groups attached to an aromatic ring is 1. The van der Waals surface area contributed by atoms with Crippen molar-refractivity contribution in [3.05, 3.63) is 5.69 Å². The predicted molar refractivity (Wildman–Crippen MR) is 66.5 cm³/mol. The van der Waals surface area contributed by atoms with Crippen molar-refractivity contribution < 1.29 is 13.2 Å². The summed E-state index contributed by atoms with van der Waals surface area (Å²) in [7, 11) is -1.93. The topological polar surface area (TPSA) is 90.4 Å². The number of anilines is 1. The summed E-state index contributed by atoms with van der Waals surface area (Å²) in [6.45, 7) is 4.67. The van der Waals surface area contributed by atoms with Gasteiger partial charge in [-0.1, -0.05) is 0 Å². The van der Waals surface area contributed by atoms with Crippen LogP contribution in [0.2, 0.25) is 0 Å². The monoisotopic (exact) mass is 274 g/mol. The summed E-state index contributed by atoms with van der Waals surface area (Å²) in [4.78, 5) is 0.110. The van der Waals surface area contributed by atoms with Gasteiger partial charge in [0.1, 0.15) is 4.90 Å². The molecule has 2 rings (SSSR count). The van der Waals surface area contributed by atoms with Crippen molar-refractivity contribution in [2.75, 3.05) is 25.5 Å². The van der Waals surface area contributed by atoms with Crippen molar-refractivity contribution in [1.29, 1.82) is 0 Å². The van der Waals surface area contributed by atoms with Gasteiger partial charge in [0.05, 0.1) is 18.9 Å². The molecule has 0 unspecified atom stereocenters. The third-order valence-corrected chi connectivity index (χ3v) is 5.36. The van der Waals surface area contributed by atoms with E-state index in [0.29, 0.717) is 25.5 Å². The number of nitrogens with two attached hydrogens (primary N) is 1. The molecular weight excluding hydrogens is 256 g/mol. The maximum Gasteiger partial charge on any atom is 0.249 e. The van der Waals surface area contributed by atoms with Crippen LogP contribution in [0.1, 0.15) is 12.6 Å². The maximum atomic E-state index is 12.6. The quantitative estimate of drug-likeness (QED) is 0.801. The summed E-state index contributed by atoms with van der Waals surface area (Å²) in [5.74, 6) is 0.0497. The molecule has 8 heteroatoms. The molecule has 1 aromatic rings. The second-order valence-corrected chi connectivity index (χ2v) is 6.29. The summed E-state index contributed by atoms with van der Waals surface area (Å²) >= 11 is 0. The van der Waals surface area contributed by atoms with Crippen molar-refractivity contribution >= 4 is 15.8 Å². The second kappa shape index (κ2) is 4.52. The number of aryl methyl sites for hydroxylation is 1. The molecule has 1 fully saturated rings. The Kier molecular flexibility index (Phi) is 3.35. The van der Waals surface area contributed by atoms with E-state index in [9.17, 15) is 8.42 Å². The molecule has 0 radical (unpaired) electrons. The van der Waals surface area contributed by atoms with Crippen molar-refractivity contribution in [2.24, 2.45) is 7.05 Å². The van der Waals surface area contributed by atoms with E-state index in [4.69, 9.17) is 10.5 Å². The Balaban J connectivity index is 2.47. The van der Waals surface area contributed by atoms with Gasteiger partial charge in [0, 0.05) is 19.6 Å². The number of nitrogens with zero attached hydrogens (tertiary/aromatic N) is 3. The largest absolute Gasteiger partial charge is 0.381 e. The molecule has 0 aromatic carbocycles. The van der Waals surface area contributed by atoms with Crippen LogP contribution in [0, 0.1) is 6.92 Å². The molecule has 1 aromatic heterocycles. The lowest BCUT2D eigenvalue weighted by Gasteiger charge is -2.32. The van der Waals surface area contributed by atoms with Gasteiger partial charge in [0.25, 0.3) is 0 Å². The van der Waals surface area contributed by atoms with Crippen molar-refractivity contribution in [1.82, 2.24) is 14.1 Å². The van der Waals surface area contributed by atoms with Gasteiger partial charge in [-0.3, -0.25) is 4.68 Å². The normalized spacial score (nSPS) is 22.3. The van der Waals surface area contributed by atoms with Crippen molar-refractivity contribution in [2.45, 2.75) is 24.8 Å². The number of morpholine rings is 1. The Morgan fingerprint density at radius 2 is 2.17 bits per heavy atom. The number of hydrogen-bond donors (Lipinski definition) is 1. The van der Waals surface area contributed by atoms with Gasteiger partial charge in [-0.2, -0.15) is 9.40 Å². The molecular formula is C10H18N4O3S. The first-order valence-corrected chi connectivity index (χ1v) is 7.18. The van der Waals surface area contributed by atoms with E-state index >= 15 is 0 Å². The fraction of sp³-hybridized carbons (Fsp3) is 0.700. The average molecular weight is 274 g/mol. The van der Waals surface area contributed by atoms with Crippen molar-refractivity contribution in [3.63, 3.8) is 0 Å². The van der Waals surface area contributed by atoms with Crippen LogP contribution in [-0.4, -0.2) is 48.3 Å². The highest BCUT2D eigenvalue weighted by Crippen LogP contribution is 2.27. The minimum absolute atomic E-state index is 0.0497. The predicted octanol–water partition coefficient (Wildman–Crippen LogP) is -0.280. The molecule has 1 aliphatic heterocycles. The molecule has 1 aliphatic rings. The van der Waals surface area contributed by atoms with E-state index in [0.717, 1.165) is 0 Å². The van der Waals surface area contributed by atoms with Crippen LogP contribution in [0.5, 0.6) is 0 Å². The first-order valence-electron chi connectivity index (χ1n) is 5.74. The summed E-state index contributed by atoms with van der Waals surface area (Å²) in [5, 5.41) is 3.95. The van der Waals surface area contributed by atoms with Gasteiger partial charge in [0.15, 0.2) is 5.82 Å². The summed E-state index contributed by atoms with van der Waals surface area (Å²) in [6.07, 6.45) is 0. The maximum absolute atomic E-state index is 12.6. The second-order valence-electron chi connectivity index (χ2n) is 4.46. The Labute approximate surface area is 107 Å². The fourth-order valence-corrected chi connectivity index (χ4v) is 4.01. The molecule has 2 heterocycles. The smallest absolute Gasteiger partial charge is 0.249 e. The molecule has 0 saturated carbocycles. The summed E-state index contributed by atoms with van der Waals surface area (Å²) < 4.78 is 33.3. The van der Waals surface area contributed by atoms with E-state index in [2.05, 4.69) is 5.10 Å². The Morgan fingerprint density at radius 1 is 1.50 bits per heavy atom. The molecule has 18 heavy (non-hydrogen) atoms. The molecule has 0 bridgehead atoms. The lowest BCUT2D eigenvalue weighted by Crippen LogP contribution is -2.47. The van der Waals surface area contributed by atoms with E-state index in [1.54, 1.807) is 14.0 Å². The Morgan fingerprint density at radius 3 is 2.67 bits per heavy atom. The van der Waals surface area contributed by atoms with Crippen LogP contribution in [0.15, 0.2) is 4.90 Å². The molecule has 1 saturated heterocycles. The molecule has 0 amide bonds. The standard InChI is InChI=1S/C10H18N4O3S/c1-7-6-17-5-4-14(7)18(15,16)9-8(2)13(3)12-10(9)11/h7H,4-6H2,1-3H3,(H2,11,12)/t7-/m1/s1. The van der Waals surface area contributed by atoms with Gasteiger partial charge < -0.3 is 10.5 Å². The Bertz CT molecular complexity index is 552. The lowest BCUT2D eigenvalue weighted by atomic mass is 10.3. The third-order valence-electron chi connectivity index (χ3n) is 3.18. The molecule has 1 atom stereocenters. The van der Waals surface area contributed by atoms with Crippen LogP contribution in [-0.2, 0) is 21.8 Å². The first-order chi connectivity index (χ1) is 8.35. The van der Waals surface area contributed by atoms with Crippen LogP contribution in [0.25, 0.3) is 0 Å². The van der Waals surface area contributed by atoms with E-state index in [1.165, 1.54) is 8.99 Å². The molecule has 102 valence electrons. The number of hydrogen-bond acceptors (Lipinski definition) is 5. The minimum Gasteiger partial charge on any atom is -0.381 e. The fourth-order valence-electron chi connectivity index (χ4n) is 2.12. The highest BCUT2D eigenvalue weighted by Gasteiger charge is 2.35. The zero-order valence-electron chi connectivity index (χ0n) is 10.8. The summed E-state index contributed by atoms with van der Waals surface area (Å²) in [6, 6.07) is -0.192. The van der Waals surface area contributed by atoms with Gasteiger partial charge in [-0.05, 0) is 13.8 Å².